The summed E-state index contributed by atoms with van der Waals surface area (Å²) in [5, 5.41) is 0. The van der Waals surface area contributed by atoms with Gasteiger partial charge in [-0.15, -0.1) is 11.3 Å². The highest BCUT2D eigenvalue weighted by atomic mass is 32.1. The maximum absolute atomic E-state index is 12.4. The molecule has 0 spiro atoms. The topological polar surface area (TPSA) is 43.6 Å². The summed E-state index contributed by atoms with van der Waals surface area (Å²) in [5.41, 5.74) is 0.434. The number of aromatic nitrogens is 2. The van der Waals surface area contributed by atoms with Gasteiger partial charge in [0.1, 0.15) is 6.10 Å². The molecule has 2 heterocycles. The number of thiazole rings is 1. The highest BCUT2D eigenvalue weighted by Crippen LogP contribution is 2.21. The van der Waals surface area contributed by atoms with E-state index in [-0.39, 0.29) is 12.1 Å². The van der Waals surface area contributed by atoms with E-state index in [0.717, 1.165) is 43.5 Å². The molecule has 0 fully saturated rings. The van der Waals surface area contributed by atoms with Crippen molar-refractivity contribution in [2.24, 2.45) is 0 Å². The lowest BCUT2D eigenvalue weighted by molar-refractivity contribution is 0.0249. The Morgan fingerprint density at radius 2 is 1.81 bits per heavy atom. The molecular weight excluding hydrogens is 344 g/mol. The number of nitrogens with zero attached hydrogens (tertiary/aromatic N) is 2. The molecule has 4 nitrogen and oxygen atoms in total. The smallest absolute Gasteiger partial charge is 0.358 e. The quantitative estimate of drug-likeness (QED) is 0.298. The van der Waals surface area contributed by atoms with Crippen LogP contribution >= 0.6 is 11.3 Å². The molecule has 0 radical (unpaired) electrons. The second kappa shape index (κ2) is 11.4. The molecule has 5 heteroatoms. The fourth-order valence-electron chi connectivity index (χ4n) is 3.19. The van der Waals surface area contributed by atoms with Gasteiger partial charge in [-0.2, -0.15) is 0 Å². The van der Waals surface area contributed by atoms with Crippen LogP contribution < -0.4 is 0 Å². The predicted octanol–water partition coefficient (Wildman–Crippen LogP) is 6.42. The molecular formula is C21H34N2O2S. The lowest BCUT2D eigenvalue weighted by Crippen LogP contribution is -2.18. The summed E-state index contributed by atoms with van der Waals surface area (Å²) in [6.45, 7) is 6.53. The molecule has 2 aromatic rings. The van der Waals surface area contributed by atoms with Crippen LogP contribution in [0, 0.1) is 0 Å². The van der Waals surface area contributed by atoms with Crippen LogP contribution in [0.1, 0.15) is 100 Å². The molecule has 1 unspecified atom stereocenters. The van der Waals surface area contributed by atoms with Crippen molar-refractivity contribution in [2.45, 2.75) is 97.5 Å². The molecule has 1 atom stereocenters. The maximum Gasteiger partial charge on any atom is 0.358 e. The van der Waals surface area contributed by atoms with Crippen molar-refractivity contribution < 1.29 is 9.53 Å². The SMILES string of the molecule is CCCCCCCc1cn2cc(C(=O)OC(CCC)CCCC)nc2s1. The first-order chi connectivity index (χ1) is 12.7. The summed E-state index contributed by atoms with van der Waals surface area (Å²) < 4.78 is 7.68. The predicted molar refractivity (Wildman–Crippen MR) is 109 cm³/mol. The molecule has 0 N–H and O–H groups in total. The van der Waals surface area contributed by atoms with E-state index in [1.807, 2.05) is 10.6 Å². The number of esters is 1. The summed E-state index contributed by atoms with van der Waals surface area (Å²) in [6.07, 6.45) is 16.6. The van der Waals surface area contributed by atoms with Gasteiger partial charge in [0.25, 0.3) is 0 Å². The van der Waals surface area contributed by atoms with E-state index in [0.29, 0.717) is 5.69 Å². The normalized spacial score (nSPS) is 12.6. The molecule has 0 saturated heterocycles. The van der Waals surface area contributed by atoms with Crippen LogP contribution in [0.5, 0.6) is 0 Å². The lowest BCUT2D eigenvalue weighted by atomic mass is 10.1. The van der Waals surface area contributed by atoms with Crippen LogP contribution in [-0.4, -0.2) is 21.5 Å². The molecule has 0 aliphatic carbocycles. The molecule has 0 amide bonds. The van der Waals surface area contributed by atoms with Gasteiger partial charge < -0.3 is 4.74 Å². The highest BCUT2D eigenvalue weighted by Gasteiger charge is 2.18. The van der Waals surface area contributed by atoms with Gasteiger partial charge in [0.05, 0.1) is 0 Å². The average Bonchev–Trinajstić information content (AvgIpc) is 3.18. The van der Waals surface area contributed by atoms with Crippen molar-refractivity contribution in [1.82, 2.24) is 9.38 Å². The highest BCUT2D eigenvalue weighted by molar-refractivity contribution is 7.17. The van der Waals surface area contributed by atoms with Crippen molar-refractivity contribution in [1.29, 1.82) is 0 Å². The van der Waals surface area contributed by atoms with Crippen molar-refractivity contribution in [3.05, 3.63) is 23.0 Å². The monoisotopic (exact) mass is 378 g/mol. The van der Waals surface area contributed by atoms with Gasteiger partial charge in [-0.25, -0.2) is 9.78 Å². The van der Waals surface area contributed by atoms with Gasteiger partial charge in [0.2, 0.25) is 0 Å². The minimum Gasteiger partial charge on any atom is -0.458 e. The van der Waals surface area contributed by atoms with Crippen LogP contribution in [0.3, 0.4) is 0 Å². The third-order valence-corrected chi connectivity index (χ3v) is 5.76. The molecule has 0 saturated carbocycles. The Morgan fingerprint density at radius 1 is 1.04 bits per heavy atom. The average molecular weight is 379 g/mol. The number of hydrogen-bond donors (Lipinski definition) is 0. The van der Waals surface area contributed by atoms with E-state index in [1.165, 1.54) is 37.0 Å². The largest absolute Gasteiger partial charge is 0.458 e. The summed E-state index contributed by atoms with van der Waals surface area (Å²) in [4.78, 5) is 19.1. The van der Waals surface area contributed by atoms with Gasteiger partial charge in [0, 0.05) is 17.3 Å². The van der Waals surface area contributed by atoms with Gasteiger partial charge >= 0.3 is 5.97 Å². The third kappa shape index (κ3) is 6.42. The zero-order chi connectivity index (χ0) is 18.8. The minimum absolute atomic E-state index is 0.0193. The van der Waals surface area contributed by atoms with Crippen LogP contribution in [0.15, 0.2) is 12.4 Å². The van der Waals surface area contributed by atoms with Crippen LogP contribution in [-0.2, 0) is 11.2 Å². The number of rotatable bonds is 13. The molecule has 2 aromatic heterocycles. The standard InChI is InChI=1S/C21H34N2O2S/c1-4-7-9-10-11-14-18-15-23-16-19(22-21(23)26-18)20(24)25-17(12-6-3)13-8-5-2/h15-17H,4-14H2,1-3H3. The van der Waals surface area contributed by atoms with Crippen molar-refractivity contribution in [3.63, 3.8) is 0 Å². The van der Waals surface area contributed by atoms with Gasteiger partial charge in [-0.05, 0) is 25.7 Å². The number of fused-ring (bicyclic) bond motifs is 1. The number of aryl methyl sites for hydroxylation is 1. The first-order valence-electron chi connectivity index (χ1n) is 10.4. The van der Waals surface area contributed by atoms with Gasteiger partial charge in [0.15, 0.2) is 10.7 Å². The molecule has 2 rings (SSSR count). The zero-order valence-corrected chi connectivity index (χ0v) is 17.4. The summed E-state index contributed by atoms with van der Waals surface area (Å²) in [5.74, 6) is -0.281. The van der Waals surface area contributed by atoms with E-state index < -0.39 is 0 Å². The molecule has 26 heavy (non-hydrogen) atoms. The second-order valence-corrected chi connectivity index (χ2v) is 8.23. The zero-order valence-electron chi connectivity index (χ0n) is 16.6. The molecule has 0 bridgehead atoms. The van der Waals surface area contributed by atoms with Crippen LogP contribution in [0.25, 0.3) is 4.96 Å². The number of carbonyl (C=O) groups is 1. The Labute approximate surface area is 162 Å². The molecule has 0 aliphatic rings. The Hall–Kier alpha value is -1.36. The number of ether oxygens (including phenoxy) is 1. The van der Waals surface area contributed by atoms with Gasteiger partial charge in [-0.3, -0.25) is 4.40 Å². The van der Waals surface area contributed by atoms with E-state index in [2.05, 4.69) is 32.0 Å². The number of carbonyl (C=O) groups excluding carboxylic acids is 1. The Balaban J connectivity index is 1.89. The third-order valence-electron chi connectivity index (χ3n) is 4.70. The first-order valence-corrected chi connectivity index (χ1v) is 11.2. The van der Waals surface area contributed by atoms with E-state index in [1.54, 1.807) is 11.3 Å². The minimum atomic E-state index is -0.281. The summed E-state index contributed by atoms with van der Waals surface area (Å²) in [7, 11) is 0. The van der Waals surface area contributed by atoms with Crippen molar-refractivity contribution in [2.75, 3.05) is 0 Å². The molecule has 0 aliphatic heterocycles. The summed E-state index contributed by atoms with van der Waals surface area (Å²) in [6, 6.07) is 0. The van der Waals surface area contributed by atoms with E-state index in [4.69, 9.17) is 4.74 Å². The first kappa shape index (κ1) is 20.9. The summed E-state index contributed by atoms with van der Waals surface area (Å²) >= 11 is 1.69. The molecule has 146 valence electrons. The molecule has 0 aromatic carbocycles. The van der Waals surface area contributed by atoms with E-state index in [9.17, 15) is 4.79 Å². The number of imidazole rings is 1. The lowest BCUT2D eigenvalue weighted by Gasteiger charge is -2.16. The Kier molecular flexibility index (Phi) is 9.16. The van der Waals surface area contributed by atoms with Crippen LogP contribution in [0.4, 0.5) is 0 Å². The van der Waals surface area contributed by atoms with Crippen molar-refractivity contribution in [3.8, 4) is 0 Å². The maximum atomic E-state index is 12.4. The van der Waals surface area contributed by atoms with Crippen LogP contribution in [0.2, 0.25) is 0 Å². The number of unbranched alkanes of at least 4 members (excludes halogenated alkanes) is 5. The second-order valence-electron chi connectivity index (χ2n) is 7.14. The Bertz CT molecular complexity index is 631. The van der Waals surface area contributed by atoms with Gasteiger partial charge in [-0.1, -0.05) is 65.7 Å². The fraction of sp³-hybridized carbons (Fsp3) is 0.714. The fourth-order valence-corrected chi connectivity index (χ4v) is 4.19. The number of hydrogen-bond acceptors (Lipinski definition) is 4. The van der Waals surface area contributed by atoms with E-state index >= 15 is 0 Å². The van der Waals surface area contributed by atoms with Crippen molar-refractivity contribution >= 4 is 22.3 Å². The Morgan fingerprint density at radius 3 is 2.50 bits per heavy atom.